The van der Waals surface area contributed by atoms with Crippen molar-refractivity contribution in [3.8, 4) is 11.1 Å². The Balaban J connectivity index is 1.76. The highest BCUT2D eigenvalue weighted by atomic mass is 16.2. The largest absolute Gasteiger partial charge is 0.319 e. The van der Waals surface area contributed by atoms with Crippen LogP contribution >= 0.6 is 0 Å². The lowest BCUT2D eigenvalue weighted by molar-refractivity contribution is -0.112. The first kappa shape index (κ1) is 18.7. The highest BCUT2D eigenvalue weighted by molar-refractivity contribution is 6.47. The molecule has 2 aromatic heterocycles. The van der Waals surface area contributed by atoms with Crippen molar-refractivity contribution in [2.24, 2.45) is 0 Å². The molecule has 1 N–H and O–H groups in total. The number of aryl methyl sites for hydroxylation is 3. The van der Waals surface area contributed by atoms with E-state index in [0.29, 0.717) is 11.4 Å². The van der Waals surface area contributed by atoms with E-state index in [1.807, 2.05) is 93.7 Å². The van der Waals surface area contributed by atoms with E-state index in [1.54, 1.807) is 4.40 Å². The summed E-state index contributed by atoms with van der Waals surface area (Å²) in [7, 11) is 0. The molecule has 0 unspecified atom stereocenters. The molecule has 0 aliphatic carbocycles. The zero-order valence-corrected chi connectivity index (χ0v) is 16.7. The third-order valence-electron chi connectivity index (χ3n) is 5.23. The highest BCUT2D eigenvalue weighted by Crippen LogP contribution is 2.29. The number of hydrogen-bond donors (Lipinski definition) is 1. The number of nitrogens with zero attached hydrogens (tertiary/aromatic N) is 1. The van der Waals surface area contributed by atoms with Gasteiger partial charge in [-0.05, 0) is 67.8 Å². The fraction of sp³-hybridized carbons (Fsp3) is 0.120. The van der Waals surface area contributed by atoms with Gasteiger partial charge in [0.2, 0.25) is 0 Å². The minimum Gasteiger partial charge on any atom is -0.319 e. The molecule has 0 aliphatic heterocycles. The van der Waals surface area contributed by atoms with Crippen LogP contribution in [-0.4, -0.2) is 16.1 Å². The molecule has 0 atom stereocenters. The van der Waals surface area contributed by atoms with Crippen molar-refractivity contribution >= 4 is 22.9 Å². The lowest BCUT2D eigenvalue weighted by atomic mass is 10.0. The van der Waals surface area contributed by atoms with Crippen molar-refractivity contribution in [2.45, 2.75) is 20.8 Å². The number of aromatic nitrogens is 1. The van der Waals surface area contributed by atoms with Gasteiger partial charge in [0.15, 0.2) is 0 Å². The van der Waals surface area contributed by atoms with Gasteiger partial charge in [-0.3, -0.25) is 9.59 Å². The minimum atomic E-state index is -0.648. The average molecular weight is 382 g/mol. The number of pyridine rings is 1. The van der Waals surface area contributed by atoms with Crippen molar-refractivity contribution in [1.29, 1.82) is 0 Å². The number of anilines is 1. The predicted octanol–water partition coefficient (Wildman–Crippen LogP) is 5.35. The molecule has 4 rings (SSSR count). The van der Waals surface area contributed by atoms with E-state index in [0.717, 1.165) is 33.3 Å². The molecular weight excluding hydrogens is 360 g/mol. The summed E-state index contributed by atoms with van der Waals surface area (Å²) >= 11 is 0. The number of amides is 1. The second-order valence-corrected chi connectivity index (χ2v) is 7.35. The van der Waals surface area contributed by atoms with Crippen LogP contribution in [0.25, 0.3) is 16.6 Å². The zero-order valence-electron chi connectivity index (χ0n) is 16.7. The second-order valence-electron chi connectivity index (χ2n) is 7.35. The molecule has 4 heteroatoms. The van der Waals surface area contributed by atoms with Crippen LogP contribution in [0.2, 0.25) is 0 Å². The van der Waals surface area contributed by atoms with Gasteiger partial charge in [0.25, 0.3) is 11.7 Å². The Morgan fingerprint density at radius 3 is 2.31 bits per heavy atom. The van der Waals surface area contributed by atoms with Gasteiger partial charge in [0.05, 0.1) is 0 Å². The molecule has 1 amide bonds. The monoisotopic (exact) mass is 382 g/mol. The standard InChI is InChI=1S/C25H22N2O2/c1-16-7-10-19(11-8-16)22-15-21-6-4-5-13-27(21)23(22)24(28)25(29)26-20-12-9-17(2)18(3)14-20/h4-15H,1-3H3,(H,26,29). The van der Waals surface area contributed by atoms with Crippen LogP contribution in [0.4, 0.5) is 5.69 Å². The molecule has 144 valence electrons. The van der Waals surface area contributed by atoms with Gasteiger partial charge in [0.1, 0.15) is 5.69 Å². The first-order valence-corrected chi connectivity index (χ1v) is 9.54. The highest BCUT2D eigenvalue weighted by Gasteiger charge is 2.24. The third kappa shape index (κ3) is 3.57. The molecular formula is C25H22N2O2. The molecule has 0 saturated carbocycles. The van der Waals surface area contributed by atoms with Crippen LogP contribution in [0.3, 0.4) is 0 Å². The van der Waals surface area contributed by atoms with Crippen molar-refractivity contribution in [3.05, 3.63) is 95.3 Å². The number of ketones is 1. The van der Waals surface area contributed by atoms with E-state index in [2.05, 4.69) is 5.32 Å². The quantitative estimate of drug-likeness (QED) is 0.382. The molecule has 4 aromatic rings. The van der Waals surface area contributed by atoms with Gasteiger partial charge in [0, 0.05) is 23.0 Å². The van der Waals surface area contributed by atoms with E-state index < -0.39 is 11.7 Å². The van der Waals surface area contributed by atoms with Crippen LogP contribution in [-0.2, 0) is 4.79 Å². The number of rotatable bonds is 4. The Kier molecular flexibility index (Phi) is 4.77. The van der Waals surface area contributed by atoms with Crippen LogP contribution in [0.5, 0.6) is 0 Å². The number of benzene rings is 2. The molecule has 0 aliphatic rings. The summed E-state index contributed by atoms with van der Waals surface area (Å²) in [6.07, 6.45) is 1.81. The van der Waals surface area contributed by atoms with Crippen LogP contribution in [0.1, 0.15) is 27.2 Å². The summed E-state index contributed by atoms with van der Waals surface area (Å²) < 4.78 is 1.78. The Morgan fingerprint density at radius 1 is 0.828 bits per heavy atom. The molecule has 4 nitrogen and oxygen atoms in total. The smallest absolute Gasteiger partial charge is 0.298 e. The third-order valence-corrected chi connectivity index (χ3v) is 5.23. The van der Waals surface area contributed by atoms with Gasteiger partial charge < -0.3 is 9.72 Å². The molecule has 0 spiro atoms. The van der Waals surface area contributed by atoms with E-state index >= 15 is 0 Å². The maximum atomic E-state index is 13.2. The van der Waals surface area contributed by atoms with Crippen molar-refractivity contribution in [1.82, 2.24) is 4.40 Å². The van der Waals surface area contributed by atoms with Crippen molar-refractivity contribution in [2.75, 3.05) is 5.32 Å². The number of carbonyl (C=O) groups excluding carboxylic acids is 2. The van der Waals surface area contributed by atoms with Crippen LogP contribution in [0, 0.1) is 20.8 Å². The second kappa shape index (κ2) is 7.40. The molecule has 2 heterocycles. The molecule has 29 heavy (non-hydrogen) atoms. The van der Waals surface area contributed by atoms with E-state index in [-0.39, 0.29) is 0 Å². The predicted molar refractivity (Wildman–Crippen MR) is 116 cm³/mol. The van der Waals surface area contributed by atoms with Crippen LogP contribution < -0.4 is 5.32 Å². The Hall–Kier alpha value is -3.66. The summed E-state index contributed by atoms with van der Waals surface area (Å²) in [5, 5.41) is 2.75. The number of hydrogen-bond acceptors (Lipinski definition) is 2. The zero-order chi connectivity index (χ0) is 20.5. The fourth-order valence-electron chi connectivity index (χ4n) is 3.42. The van der Waals surface area contributed by atoms with Gasteiger partial charge in [-0.1, -0.05) is 42.0 Å². The van der Waals surface area contributed by atoms with Gasteiger partial charge >= 0.3 is 0 Å². The Bertz CT molecular complexity index is 1230. The molecule has 0 saturated heterocycles. The summed E-state index contributed by atoms with van der Waals surface area (Å²) in [5.74, 6) is -1.21. The van der Waals surface area contributed by atoms with Crippen LogP contribution in [0.15, 0.2) is 72.9 Å². The molecule has 0 radical (unpaired) electrons. The maximum Gasteiger partial charge on any atom is 0.298 e. The van der Waals surface area contributed by atoms with E-state index in [4.69, 9.17) is 0 Å². The van der Waals surface area contributed by atoms with E-state index in [9.17, 15) is 9.59 Å². The first-order valence-electron chi connectivity index (χ1n) is 9.54. The van der Waals surface area contributed by atoms with E-state index in [1.165, 1.54) is 0 Å². The Labute approximate surface area is 169 Å². The Morgan fingerprint density at radius 2 is 1.59 bits per heavy atom. The number of Topliss-reactive ketones (excluding diaryl/α,β-unsaturated/α-hetero) is 1. The average Bonchev–Trinajstić information content (AvgIpc) is 3.10. The normalized spacial score (nSPS) is 10.9. The lowest BCUT2D eigenvalue weighted by Crippen LogP contribution is -2.24. The molecule has 0 fully saturated rings. The minimum absolute atomic E-state index is 0.366. The summed E-state index contributed by atoms with van der Waals surface area (Å²) in [6, 6.07) is 21.2. The van der Waals surface area contributed by atoms with Crippen molar-refractivity contribution in [3.63, 3.8) is 0 Å². The topological polar surface area (TPSA) is 50.6 Å². The SMILES string of the molecule is Cc1ccc(-c2cc3ccccn3c2C(=O)C(=O)Nc2ccc(C)c(C)c2)cc1. The number of carbonyl (C=O) groups is 2. The molecule has 2 aromatic carbocycles. The lowest BCUT2D eigenvalue weighted by Gasteiger charge is -2.09. The molecule has 0 bridgehead atoms. The van der Waals surface area contributed by atoms with Gasteiger partial charge in [-0.25, -0.2) is 0 Å². The summed E-state index contributed by atoms with van der Waals surface area (Å²) in [4.78, 5) is 26.0. The first-order chi connectivity index (χ1) is 13.9. The summed E-state index contributed by atoms with van der Waals surface area (Å²) in [6.45, 7) is 6.00. The van der Waals surface area contributed by atoms with Gasteiger partial charge in [-0.15, -0.1) is 0 Å². The number of nitrogens with one attached hydrogen (secondary N) is 1. The maximum absolute atomic E-state index is 13.2. The van der Waals surface area contributed by atoms with Crippen molar-refractivity contribution < 1.29 is 9.59 Å². The number of fused-ring (bicyclic) bond motifs is 1. The fourth-order valence-corrected chi connectivity index (χ4v) is 3.42. The van der Waals surface area contributed by atoms with Gasteiger partial charge in [-0.2, -0.15) is 0 Å². The summed E-state index contributed by atoms with van der Waals surface area (Å²) in [5.41, 5.74) is 6.83.